The van der Waals surface area contributed by atoms with Gasteiger partial charge in [-0.25, -0.2) is 4.79 Å². The summed E-state index contributed by atoms with van der Waals surface area (Å²) >= 11 is 5.80. The largest absolute Gasteiger partial charge is 0.444 e. The Morgan fingerprint density at radius 1 is 1.35 bits per heavy atom. The molecule has 0 aromatic carbocycles. The van der Waals surface area contributed by atoms with Gasteiger partial charge in [0.05, 0.1) is 12.1 Å². The molecule has 2 unspecified atom stereocenters. The zero-order valence-corrected chi connectivity index (χ0v) is 15.2. The number of hydrogen-bond acceptors (Lipinski definition) is 5. The number of rotatable bonds is 2. The first-order chi connectivity index (χ1) is 10.7. The van der Waals surface area contributed by atoms with Crippen LogP contribution in [0.4, 0.5) is 10.6 Å². The fraction of sp³-hybridized carbons (Fsp3) is 0.688. The number of piperazine rings is 1. The predicted molar refractivity (Wildman–Crippen MR) is 90.9 cm³/mol. The normalized spacial score (nSPS) is 22.2. The third-order valence-corrected chi connectivity index (χ3v) is 4.00. The Bertz CT molecular complexity index is 544. The van der Waals surface area contributed by atoms with Gasteiger partial charge in [0.2, 0.25) is 0 Å². The molecule has 7 heteroatoms. The van der Waals surface area contributed by atoms with Gasteiger partial charge in [0.25, 0.3) is 0 Å². The lowest BCUT2D eigenvalue weighted by Crippen LogP contribution is -2.60. The molecule has 2 atom stereocenters. The molecule has 2 heterocycles. The van der Waals surface area contributed by atoms with Crippen LogP contribution < -0.4 is 4.90 Å². The molecule has 1 aliphatic heterocycles. The van der Waals surface area contributed by atoms with E-state index in [2.05, 4.69) is 22.0 Å². The summed E-state index contributed by atoms with van der Waals surface area (Å²) in [5.74, 6) is 0.781. The molecule has 1 aromatic rings. The van der Waals surface area contributed by atoms with Crippen LogP contribution in [0.25, 0.3) is 0 Å². The Morgan fingerprint density at radius 2 is 2.04 bits per heavy atom. The van der Waals surface area contributed by atoms with Gasteiger partial charge in [-0.1, -0.05) is 18.5 Å². The molecule has 0 spiro atoms. The zero-order valence-electron chi connectivity index (χ0n) is 14.4. The van der Waals surface area contributed by atoms with Crippen LogP contribution in [0.2, 0.25) is 5.15 Å². The van der Waals surface area contributed by atoms with Crippen LogP contribution in [-0.4, -0.2) is 52.0 Å². The SMILES string of the molecule is CCC1CN(c2ccc(Cl)nn2)CC(C)N1C(=O)OC(C)(C)C. The summed E-state index contributed by atoms with van der Waals surface area (Å²) in [6, 6.07) is 3.69. The predicted octanol–water partition coefficient (Wildman–Crippen LogP) is 3.35. The fourth-order valence-corrected chi connectivity index (χ4v) is 2.92. The minimum Gasteiger partial charge on any atom is -0.444 e. The van der Waals surface area contributed by atoms with E-state index in [1.54, 1.807) is 6.07 Å². The molecule has 128 valence electrons. The quantitative estimate of drug-likeness (QED) is 0.826. The summed E-state index contributed by atoms with van der Waals surface area (Å²) in [6.45, 7) is 11.2. The second-order valence-electron chi connectivity index (χ2n) is 6.92. The van der Waals surface area contributed by atoms with Crippen molar-refractivity contribution in [1.29, 1.82) is 0 Å². The van der Waals surface area contributed by atoms with Crippen LogP contribution in [0.15, 0.2) is 12.1 Å². The molecule has 6 nitrogen and oxygen atoms in total. The molecule has 0 aliphatic carbocycles. The van der Waals surface area contributed by atoms with Crippen molar-refractivity contribution < 1.29 is 9.53 Å². The number of halogens is 1. The number of ether oxygens (including phenoxy) is 1. The van der Waals surface area contributed by atoms with Gasteiger partial charge in [-0.15, -0.1) is 10.2 Å². The summed E-state index contributed by atoms with van der Waals surface area (Å²) < 4.78 is 5.56. The smallest absolute Gasteiger partial charge is 0.410 e. The maximum Gasteiger partial charge on any atom is 0.410 e. The van der Waals surface area contributed by atoms with Crippen LogP contribution in [0.1, 0.15) is 41.0 Å². The molecular weight excluding hydrogens is 316 g/mol. The summed E-state index contributed by atoms with van der Waals surface area (Å²) in [4.78, 5) is 16.5. The fourth-order valence-electron chi connectivity index (χ4n) is 2.82. The van der Waals surface area contributed by atoms with Crippen molar-refractivity contribution in [2.45, 2.75) is 58.7 Å². The highest BCUT2D eigenvalue weighted by Crippen LogP contribution is 2.24. The van der Waals surface area contributed by atoms with Crippen LogP contribution in [0, 0.1) is 0 Å². The van der Waals surface area contributed by atoms with E-state index >= 15 is 0 Å². The average molecular weight is 341 g/mol. The van der Waals surface area contributed by atoms with Crippen LogP contribution >= 0.6 is 11.6 Å². The lowest BCUT2D eigenvalue weighted by molar-refractivity contribution is 0.00286. The van der Waals surface area contributed by atoms with Gasteiger partial charge >= 0.3 is 6.09 Å². The molecule has 1 fully saturated rings. The van der Waals surface area contributed by atoms with Gasteiger partial charge in [-0.3, -0.25) is 4.90 Å². The first-order valence-corrected chi connectivity index (χ1v) is 8.34. The number of carbonyl (C=O) groups excluding carboxylic acids is 1. The van der Waals surface area contributed by atoms with Gasteiger partial charge in [0.15, 0.2) is 11.0 Å². The minimum absolute atomic E-state index is 0.0287. The van der Waals surface area contributed by atoms with Crippen molar-refractivity contribution in [3.05, 3.63) is 17.3 Å². The van der Waals surface area contributed by atoms with E-state index in [1.165, 1.54) is 0 Å². The molecule has 23 heavy (non-hydrogen) atoms. The second kappa shape index (κ2) is 6.91. The topological polar surface area (TPSA) is 58.6 Å². The second-order valence-corrected chi connectivity index (χ2v) is 7.31. The van der Waals surface area contributed by atoms with Crippen molar-refractivity contribution in [1.82, 2.24) is 15.1 Å². The van der Waals surface area contributed by atoms with E-state index in [0.29, 0.717) is 18.2 Å². The number of amides is 1. The van der Waals surface area contributed by atoms with Gasteiger partial charge < -0.3 is 9.64 Å². The van der Waals surface area contributed by atoms with Crippen molar-refractivity contribution in [2.75, 3.05) is 18.0 Å². The molecule has 1 amide bonds. The Hall–Kier alpha value is -1.56. The highest BCUT2D eigenvalue weighted by atomic mass is 35.5. The number of aromatic nitrogens is 2. The van der Waals surface area contributed by atoms with Crippen molar-refractivity contribution in [2.24, 2.45) is 0 Å². The molecule has 0 saturated carbocycles. The minimum atomic E-state index is -0.492. The molecule has 0 N–H and O–H groups in total. The maximum absolute atomic E-state index is 12.5. The lowest BCUT2D eigenvalue weighted by Gasteiger charge is -2.45. The number of nitrogens with zero attached hydrogens (tertiary/aromatic N) is 4. The number of hydrogen-bond donors (Lipinski definition) is 0. The molecule has 0 bridgehead atoms. The molecule has 1 aromatic heterocycles. The highest BCUT2D eigenvalue weighted by molar-refractivity contribution is 6.29. The van der Waals surface area contributed by atoms with Crippen molar-refractivity contribution in [3.8, 4) is 0 Å². The summed E-state index contributed by atoms with van der Waals surface area (Å²) in [5.41, 5.74) is -0.492. The molecule has 1 saturated heterocycles. The third-order valence-electron chi connectivity index (χ3n) is 3.80. The Balaban J connectivity index is 2.14. The van der Waals surface area contributed by atoms with E-state index in [4.69, 9.17) is 16.3 Å². The molecule has 2 rings (SSSR count). The summed E-state index contributed by atoms with van der Waals surface area (Å²) in [7, 11) is 0. The van der Waals surface area contributed by atoms with Gasteiger partial charge in [0, 0.05) is 13.1 Å². The Kier molecular flexibility index (Phi) is 5.34. The number of carbonyl (C=O) groups is 1. The standard InChI is InChI=1S/C16H25ClN4O2/c1-6-12-10-20(14-8-7-13(17)18-19-14)9-11(2)21(12)15(22)23-16(3,4)5/h7-8,11-12H,6,9-10H2,1-5H3. The lowest BCUT2D eigenvalue weighted by atomic mass is 10.1. The highest BCUT2D eigenvalue weighted by Gasteiger charge is 2.37. The van der Waals surface area contributed by atoms with E-state index in [0.717, 1.165) is 12.2 Å². The van der Waals surface area contributed by atoms with E-state index < -0.39 is 5.60 Å². The van der Waals surface area contributed by atoms with E-state index in [-0.39, 0.29) is 18.2 Å². The first kappa shape index (κ1) is 17.8. The average Bonchev–Trinajstić information content (AvgIpc) is 2.45. The first-order valence-electron chi connectivity index (χ1n) is 7.96. The summed E-state index contributed by atoms with van der Waals surface area (Å²) in [5, 5.41) is 8.42. The Morgan fingerprint density at radius 3 is 2.57 bits per heavy atom. The maximum atomic E-state index is 12.5. The molecule has 1 aliphatic rings. The summed E-state index contributed by atoms with van der Waals surface area (Å²) in [6.07, 6.45) is 0.597. The molecular formula is C16H25ClN4O2. The van der Waals surface area contributed by atoms with Crippen LogP contribution in [-0.2, 0) is 4.74 Å². The van der Waals surface area contributed by atoms with Gasteiger partial charge in [0.1, 0.15) is 5.60 Å². The van der Waals surface area contributed by atoms with Gasteiger partial charge in [-0.2, -0.15) is 0 Å². The monoisotopic (exact) mass is 340 g/mol. The zero-order chi connectivity index (χ0) is 17.2. The van der Waals surface area contributed by atoms with E-state index in [9.17, 15) is 4.79 Å². The van der Waals surface area contributed by atoms with E-state index in [1.807, 2.05) is 38.7 Å². The Labute approximate surface area is 142 Å². The number of anilines is 1. The van der Waals surface area contributed by atoms with Crippen molar-refractivity contribution >= 4 is 23.5 Å². The third kappa shape index (κ3) is 4.47. The van der Waals surface area contributed by atoms with Crippen molar-refractivity contribution in [3.63, 3.8) is 0 Å². The van der Waals surface area contributed by atoms with Crippen LogP contribution in [0.5, 0.6) is 0 Å². The van der Waals surface area contributed by atoms with Crippen LogP contribution in [0.3, 0.4) is 0 Å². The van der Waals surface area contributed by atoms with Gasteiger partial charge in [-0.05, 0) is 46.2 Å². The molecule has 0 radical (unpaired) electrons.